The molecule has 10 nitrogen and oxygen atoms in total. The highest BCUT2D eigenvalue weighted by atomic mass is 16.4. The second kappa shape index (κ2) is 7.45. The van der Waals surface area contributed by atoms with Gasteiger partial charge < -0.3 is 26.2 Å². The average Bonchev–Trinajstić information content (AvgIpc) is 3.08. The minimum absolute atomic E-state index is 0.0524. The number of aromatic nitrogens is 3. The third-order valence-corrected chi connectivity index (χ3v) is 4.10. The number of aliphatic carboxylic acids is 1. The van der Waals surface area contributed by atoms with Crippen molar-refractivity contribution in [3.63, 3.8) is 0 Å². The van der Waals surface area contributed by atoms with Crippen molar-refractivity contribution < 1.29 is 19.8 Å². The zero-order chi connectivity index (χ0) is 20.4. The molecule has 2 aromatic heterocycles. The van der Waals surface area contributed by atoms with E-state index in [2.05, 4.69) is 20.3 Å². The van der Waals surface area contributed by atoms with E-state index >= 15 is 0 Å². The number of aliphatic hydroxyl groups excluding tert-OH is 1. The van der Waals surface area contributed by atoms with E-state index in [4.69, 9.17) is 16.2 Å². The SMILES string of the molecule is C[C@@H](O)[C@@H](NC(=O)c1ccc(-c2nc3ccc(C(=N)N)cc3[nH]2)nc1)C(=O)O. The Kier molecular flexibility index (Phi) is 5.05. The Morgan fingerprint density at radius 3 is 2.54 bits per heavy atom. The number of fused-ring (bicyclic) bond motifs is 1. The van der Waals surface area contributed by atoms with Crippen molar-refractivity contribution in [2.45, 2.75) is 19.1 Å². The van der Waals surface area contributed by atoms with Gasteiger partial charge in [-0.2, -0.15) is 0 Å². The van der Waals surface area contributed by atoms with Crippen LogP contribution in [0.1, 0.15) is 22.8 Å². The number of rotatable bonds is 6. The van der Waals surface area contributed by atoms with Crippen LogP contribution >= 0.6 is 0 Å². The Hall–Kier alpha value is -3.79. The van der Waals surface area contributed by atoms with Gasteiger partial charge in [-0.25, -0.2) is 9.78 Å². The standard InChI is InChI=1S/C18H18N6O4/c1-8(25)14(18(27)28)24-17(26)10-3-5-12(21-7-10)16-22-11-4-2-9(15(19)20)6-13(11)23-16/h2-8,14,25H,1H3,(H3,19,20)(H,22,23)(H,24,26)(H,27,28)/t8-,14-/m1/s1. The Morgan fingerprint density at radius 1 is 1.25 bits per heavy atom. The maximum atomic E-state index is 12.2. The molecule has 144 valence electrons. The van der Waals surface area contributed by atoms with Gasteiger partial charge in [-0.3, -0.25) is 15.2 Å². The molecule has 1 aromatic carbocycles. The Bertz CT molecular complexity index is 1060. The van der Waals surface area contributed by atoms with Crippen LogP contribution < -0.4 is 11.1 Å². The van der Waals surface area contributed by atoms with Crippen molar-refractivity contribution in [3.8, 4) is 11.5 Å². The smallest absolute Gasteiger partial charge is 0.328 e. The van der Waals surface area contributed by atoms with Crippen molar-refractivity contribution >= 4 is 28.7 Å². The van der Waals surface area contributed by atoms with Gasteiger partial charge in [0.1, 0.15) is 11.5 Å². The van der Waals surface area contributed by atoms with E-state index in [1.54, 1.807) is 24.3 Å². The topological polar surface area (TPSA) is 178 Å². The van der Waals surface area contributed by atoms with Crippen LogP contribution in [0.25, 0.3) is 22.6 Å². The molecule has 0 bridgehead atoms. The molecular weight excluding hydrogens is 364 g/mol. The molecular formula is C18H18N6O4. The maximum absolute atomic E-state index is 12.2. The number of amides is 1. The predicted octanol–water partition coefficient (Wildman–Crippen LogP) is 0.473. The van der Waals surface area contributed by atoms with Crippen molar-refractivity contribution in [3.05, 3.63) is 47.7 Å². The van der Waals surface area contributed by atoms with Gasteiger partial charge in [0.05, 0.1) is 22.7 Å². The fraction of sp³-hybridized carbons (Fsp3) is 0.167. The first-order chi connectivity index (χ1) is 13.3. The molecule has 0 saturated carbocycles. The number of imidazole rings is 1. The number of nitrogens with zero attached hydrogens (tertiary/aromatic N) is 2. The zero-order valence-corrected chi connectivity index (χ0v) is 14.8. The number of hydrogen-bond donors (Lipinski definition) is 6. The van der Waals surface area contributed by atoms with E-state index in [1.807, 2.05) is 0 Å². The molecule has 0 aliphatic carbocycles. The number of carboxylic acids is 1. The molecule has 2 heterocycles. The summed E-state index contributed by atoms with van der Waals surface area (Å²) in [6.45, 7) is 1.28. The summed E-state index contributed by atoms with van der Waals surface area (Å²) in [5.41, 5.74) is 8.03. The Balaban J connectivity index is 1.82. The number of hydrogen-bond acceptors (Lipinski definition) is 6. The number of amidine groups is 1. The van der Waals surface area contributed by atoms with E-state index in [9.17, 15) is 14.7 Å². The summed E-state index contributed by atoms with van der Waals surface area (Å²) in [6.07, 6.45) is 0.0453. The summed E-state index contributed by atoms with van der Waals surface area (Å²) < 4.78 is 0. The van der Waals surface area contributed by atoms with E-state index in [-0.39, 0.29) is 11.4 Å². The molecule has 0 saturated heterocycles. The van der Waals surface area contributed by atoms with Gasteiger partial charge in [-0.15, -0.1) is 0 Å². The number of nitrogens with two attached hydrogens (primary N) is 1. The number of carboxylic acid groups (broad SMARTS) is 1. The summed E-state index contributed by atoms with van der Waals surface area (Å²) in [4.78, 5) is 34.9. The summed E-state index contributed by atoms with van der Waals surface area (Å²) in [5, 5.41) is 28.2. The van der Waals surface area contributed by atoms with Crippen LogP contribution in [0, 0.1) is 5.41 Å². The molecule has 0 aliphatic heterocycles. The van der Waals surface area contributed by atoms with Gasteiger partial charge in [-0.1, -0.05) is 0 Å². The minimum atomic E-state index is -1.42. The molecule has 0 fully saturated rings. The van der Waals surface area contributed by atoms with E-state index < -0.39 is 24.0 Å². The molecule has 28 heavy (non-hydrogen) atoms. The molecule has 0 aliphatic rings. The molecule has 0 radical (unpaired) electrons. The van der Waals surface area contributed by atoms with E-state index in [1.165, 1.54) is 19.2 Å². The summed E-state index contributed by atoms with van der Waals surface area (Å²) >= 11 is 0. The van der Waals surface area contributed by atoms with Crippen LogP contribution in [0.5, 0.6) is 0 Å². The van der Waals surface area contributed by atoms with Crippen LogP contribution in [-0.2, 0) is 4.79 Å². The quantitative estimate of drug-likeness (QED) is 0.265. The normalized spacial score (nSPS) is 13.1. The number of aliphatic hydroxyl groups is 1. The lowest BCUT2D eigenvalue weighted by Crippen LogP contribution is -2.47. The molecule has 0 spiro atoms. The highest BCUT2D eigenvalue weighted by Crippen LogP contribution is 2.20. The van der Waals surface area contributed by atoms with Gasteiger partial charge in [-0.05, 0) is 37.3 Å². The fourth-order valence-corrected chi connectivity index (χ4v) is 2.58. The number of carbonyl (C=O) groups excluding carboxylic acids is 1. The first kappa shape index (κ1) is 19.0. The highest BCUT2D eigenvalue weighted by molar-refractivity contribution is 5.98. The Labute approximate surface area is 158 Å². The molecule has 0 unspecified atom stereocenters. The lowest BCUT2D eigenvalue weighted by Gasteiger charge is -2.16. The number of benzene rings is 1. The summed E-state index contributed by atoms with van der Waals surface area (Å²) in [5.74, 6) is -1.58. The van der Waals surface area contributed by atoms with Gasteiger partial charge in [0.15, 0.2) is 11.9 Å². The number of nitrogen functional groups attached to an aromatic ring is 1. The average molecular weight is 382 g/mol. The van der Waals surface area contributed by atoms with Crippen molar-refractivity contribution in [1.82, 2.24) is 20.3 Å². The van der Waals surface area contributed by atoms with E-state index in [0.717, 1.165) is 0 Å². The summed E-state index contributed by atoms with van der Waals surface area (Å²) in [7, 11) is 0. The molecule has 10 heteroatoms. The van der Waals surface area contributed by atoms with Crippen molar-refractivity contribution in [2.75, 3.05) is 0 Å². The first-order valence-electron chi connectivity index (χ1n) is 8.28. The van der Waals surface area contributed by atoms with Gasteiger partial charge in [0, 0.05) is 11.8 Å². The monoisotopic (exact) mass is 382 g/mol. The first-order valence-corrected chi connectivity index (χ1v) is 8.28. The molecule has 2 atom stereocenters. The second-order valence-electron chi connectivity index (χ2n) is 6.19. The number of nitrogens with one attached hydrogen (secondary N) is 3. The number of H-pyrrole nitrogens is 1. The maximum Gasteiger partial charge on any atom is 0.328 e. The predicted molar refractivity (Wildman–Crippen MR) is 101 cm³/mol. The lowest BCUT2D eigenvalue weighted by molar-refractivity contribution is -0.141. The van der Waals surface area contributed by atoms with Crippen LogP contribution in [0.2, 0.25) is 0 Å². The fourth-order valence-electron chi connectivity index (χ4n) is 2.58. The molecule has 1 amide bonds. The number of carbonyl (C=O) groups is 2. The second-order valence-corrected chi connectivity index (χ2v) is 6.19. The van der Waals surface area contributed by atoms with Gasteiger partial charge in [0.25, 0.3) is 5.91 Å². The van der Waals surface area contributed by atoms with Crippen molar-refractivity contribution in [2.24, 2.45) is 5.73 Å². The molecule has 7 N–H and O–H groups in total. The van der Waals surface area contributed by atoms with Crippen LogP contribution in [0.4, 0.5) is 0 Å². The van der Waals surface area contributed by atoms with Crippen LogP contribution in [0.3, 0.4) is 0 Å². The third kappa shape index (κ3) is 3.81. The van der Waals surface area contributed by atoms with Crippen LogP contribution in [0.15, 0.2) is 36.5 Å². The Morgan fingerprint density at radius 2 is 1.96 bits per heavy atom. The highest BCUT2D eigenvalue weighted by Gasteiger charge is 2.25. The van der Waals surface area contributed by atoms with Gasteiger partial charge in [0.2, 0.25) is 0 Å². The minimum Gasteiger partial charge on any atom is -0.480 e. The van der Waals surface area contributed by atoms with Gasteiger partial charge >= 0.3 is 5.97 Å². The summed E-state index contributed by atoms with van der Waals surface area (Å²) in [6, 6.07) is 6.76. The van der Waals surface area contributed by atoms with E-state index in [0.29, 0.717) is 28.1 Å². The lowest BCUT2D eigenvalue weighted by atomic mass is 10.1. The van der Waals surface area contributed by atoms with Crippen molar-refractivity contribution in [1.29, 1.82) is 5.41 Å². The number of aromatic amines is 1. The zero-order valence-electron chi connectivity index (χ0n) is 14.8. The molecule has 3 rings (SSSR count). The molecule has 3 aromatic rings. The van der Waals surface area contributed by atoms with Crippen LogP contribution in [-0.4, -0.2) is 55.0 Å². The number of pyridine rings is 1. The largest absolute Gasteiger partial charge is 0.480 e. The third-order valence-electron chi connectivity index (χ3n) is 4.10.